The Labute approximate surface area is 278 Å². The molecule has 3 N–H and O–H groups in total. The predicted molar refractivity (Wildman–Crippen MR) is 184 cm³/mol. The molecule has 1 aromatic heterocycles. The molecule has 0 aliphatic rings. The fourth-order valence-corrected chi connectivity index (χ4v) is 5.32. The SMILES string of the molecule is COc1cc(NC(=O)c2cc(OC)c(OC)c(OC)c2)c(C(=O)Nc2ccc(CCNCc3ccc4c(cnn4C)c3)cc2)cc1OC. The second kappa shape index (κ2) is 15.2. The van der Waals surface area contributed by atoms with Crippen molar-refractivity contribution < 1.29 is 33.3 Å². The van der Waals surface area contributed by atoms with E-state index in [4.69, 9.17) is 23.7 Å². The number of anilines is 2. The van der Waals surface area contributed by atoms with Crippen LogP contribution in [0.3, 0.4) is 0 Å². The highest BCUT2D eigenvalue weighted by atomic mass is 16.5. The van der Waals surface area contributed by atoms with E-state index in [-0.39, 0.29) is 16.8 Å². The van der Waals surface area contributed by atoms with Gasteiger partial charge in [-0.2, -0.15) is 5.10 Å². The van der Waals surface area contributed by atoms with Gasteiger partial charge >= 0.3 is 0 Å². The normalized spacial score (nSPS) is 10.8. The molecule has 4 aromatic carbocycles. The van der Waals surface area contributed by atoms with Gasteiger partial charge < -0.3 is 39.6 Å². The van der Waals surface area contributed by atoms with E-state index in [1.807, 2.05) is 42.2 Å². The van der Waals surface area contributed by atoms with E-state index in [0.29, 0.717) is 34.4 Å². The van der Waals surface area contributed by atoms with Gasteiger partial charge in [0.05, 0.1) is 58.5 Å². The summed E-state index contributed by atoms with van der Waals surface area (Å²) < 4.78 is 28.9. The molecule has 12 heteroatoms. The first-order chi connectivity index (χ1) is 23.3. The lowest BCUT2D eigenvalue weighted by Crippen LogP contribution is -2.19. The monoisotopic (exact) mass is 653 g/mol. The number of nitrogens with one attached hydrogen (secondary N) is 3. The second-order valence-electron chi connectivity index (χ2n) is 10.9. The first-order valence-corrected chi connectivity index (χ1v) is 15.2. The second-order valence-corrected chi connectivity index (χ2v) is 10.9. The zero-order valence-electron chi connectivity index (χ0n) is 27.8. The zero-order valence-corrected chi connectivity index (χ0v) is 27.8. The van der Waals surface area contributed by atoms with E-state index in [9.17, 15) is 9.59 Å². The minimum absolute atomic E-state index is 0.172. The number of aromatic nitrogens is 2. The van der Waals surface area contributed by atoms with E-state index in [2.05, 4.69) is 39.2 Å². The predicted octanol–water partition coefficient (Wildman–Crippen LogP) is 5.45. The summed E-state index contributed by atoms with van der Waals surface area (Å²) in [7, 11) is 9.29. The number of hydrogen-bond donors (Lipinski definition) is 3. The highest BCUT2D eigenvalue weighted by Crippen LogP contribution is 2.39. The Kier molecular flexibility index (Phi) is 10.7. The van der Waals surface area contributed by atoms with Crippen molar-refractivity contribution in [2.24, 2.45) is 7.05 Å². The Morgan fingerprint density at radius 2 is 1.35 bits per heavy atom. The van der Waals surface area contributed by atoms with Crippen LogP contribution in [-0.2, 0) is 20.0 Å². The molecule has 0 bridgehead atoms. The standard InChI is InChI=1S/C36H39N5O7/c1-41-29-12-9-23(15-25(29)21-38-41)20-37-14-13-22-7-10-26(11-8-22)39-36(43)27-18-30(44-2)31(45-3)19-28(27)40-35(42)24-16-32(46-4)34(48-6)33(17-24)47-5/h7-12,15-19,21,37H,13-14,20H2,1-6H3,(H,39,43)(H,40,42). The van der Waals surface area contributed by atoms with Gasteiger partial charge in [-0.3, -0.25) is 14.3 Å². The molecule has 0 saturated heterocycles. The van der Waals surface area contributed by atoms with Crippen molar-refractivity contribution in [2.45, 2.75) is 13.0 Å². The van der Waals surface area contributed by atoms with Crippen LogP contribution in [-0.4, -0.2) is 63.7 Å². The minimum Gasteiger partial charge on any atom is -0.493 e. The smallest absolute Gasteiger partial charge is 0.257 e. The molecular weight excluding hydrogens is 614 g/mol. The lowest BCUT2D eigenvalue weighted by molar-refractivity contribution is 0.102. The number of aryl methyl sites for hydroxylation is 1. The van der Waals surface area contributed by atoms with Gasteiger partial charge in [-0.25, -0.2) is 0 Å². The topological polar surface area (TPSA) is 134 Å². The molecular formula is C36H39N5O7. The van der Waals surface area contributed by atoms with Gasteiger partial charge in [0.1, 0.15) is 0 Å². The first-order valence-electron chi connectivity index (χ1n) is 15.2. The molecule has 0 aliphatic heterocycles. The molecule has 0 atom stereocenters. The number of carbonyl (C=O) groups excluding carboxylic acids is 2. The van der Waals surface area contributed by atoms with Gasteiger partial charge in [0, 0.05) is 36.3 Å². The van der Waals surface area contributed by atoms with Crippen LogP contribution < -0.4 is 39.6 Å². The van der Waals surface area contributed by atoms with Gasteiger partial charge in [0.2, 0.25) is 5.75 Å². The molecule has 0 radical (unpaired) electrons. The lowest BCUT2D eigenvalue weighted by Gasteiger charge is -2.17. The fraction of sp³-hybridized carbons (Fsp3) is 0.250. The first kappa shape index (κ1) is 33.6. The highest BCUT2D eigenvalue weighted by Gasteiger charge is 2.22. The molecule has 0 saturated carbocycles. The van der Waals surface area contributed by atoms with E-state index in [1.54, 1.807) is 0 Å². The van der Waals surface area contributed by atoms with E-state index < -0.39 is 11.8 Å². The molecule has 0 unspecified atom stereocenters. The summed E-state index contributed by atoms with van der Waals surface area (Å²) in [6.07, 6.45) is 2.69. The number of nitrogens with zero attached hydrogens (tertiary/aromatic N) is 2. The third kappa shape index (κ3) is 7.45. The molecule has 5 rings (SSSR count). The fourth-order valence-electron chi connectivity index (χ4n) is 5.32. The van der Waals surface area contributed by atoms with Crippen LogP contribution in [0.4, 0.5) is 11.4 Å². The Hall–Kier alpha value is -5.75. The summed E-state index contributed by atoms with van der Waals surface area (Å²) in [5, 5.41) is 14.7. The van der Waals surface area contributed by atoms with Crippen LogP contribution >= 0.6 is 0 Å². The molecule has 0 fully saturated rings. The number of methoxy groups -OCH3 is 5. The van der Waals surface area contributed by atoms with Crippen LogP contribution in [0.15, 0.2) is 72.9 Å². The minimum atomic E-state index is -0.508. The van der Waals surface area contributed by atoms with Crippen molar-refractivity contribution in [3.63, 3.8) is 0 Å². The van der Waals surface area contributed by atoms with E-state index in [0.717, 1.165) is 36.0 Å². The summed E-state index contributed by atoms with van der Waals surface area (Å²) in [4.78, 5) is 27.0. The average Bonchev–Trinajstić information content (AvgIpc) is 3.48. The summed E-state index contributed by atoms with van der Waals surface area (Å²) >= 11 is 0. The Balaban J connectivity index is 1.26. The van der Waals surface area contributed by atoms with Gasteiger partial charge in [-0.15, -0.1) is 0 Å². The Bertz CT molecular complexity index is 1900. The van der Waals surface area contributed by atoms with Crippen LogP contribution in [0.2, 0.25) is 0 Å². The van der Waals surface area contributed by atoms with Crippen molar-refractivity contribution in [1.82, 2.24) is 15.1 Å². The number of carbonyl (C=O) groups is 2. The lowest BCUT2D eigenvalue weighted by atomic mass is 10.1. The molecule has 1 heterocycles. The maximum absolute atomic E-state index is 13.6. The quantitative estimate of drug-likeness (QED) is 0.134. The number of fused-ring (bicyclic) bond motifs is 1. The van der Waals surface area contributed by atoms with Crippen molar-refractivity contribution in [2.75, 3.05) is 52.7 Å². The maximum Gasteiger partial charge on any atom is 0.257 e. The van der Waals surface area contributed by atoms with Crippen LogP contribution in [0.25, 0.3) is 10.9 Å². The third-order valence-electron chi connectivity index (χ3n) is 7.89. The van der Waals surface area contributed by atoms with Crippen LogP contribution in [0.1, 0.15) is 31.8 Å². The Morgan fingerprint density at radius 1 is 0.708 bits per heavy atom. The number of amides is 2. The van der Waals surface area contributed by atoms with Crippen molar-refractivity contribution in [3.8, 4) is 28.7 Å². The summed E-state index contributed by atoms with van der Waals surface area (Å²) in [6, 6.07) is 20.1. The van der Waals surface area contributed by atoms with Crippen LogP contribution in [0.5, 0.6) is 28.7 Å². The number of hydrogen-bond acceptors (Lipinski definition) is 9. The van der Waals surface area contributed by atoms with Gasteiger partial charge in [-0.1, -0.05) is 18.2 Å². The van der Waals surface area contributed by atoms with Gasteiger partial charge in [0.25, 0.3) is 11.8 Å². The summed E-state index contributed by atoms with van der Waals surface area (Å²) in [6.45, 7) is 1.54. The molecule has 12 nitrogen and oxygen atoms in total. The number of rotatable bonds is 14. The van der Waals surface area contributed by atoms with E-state index in [1.165, 1.54) is 65.4 Å². The maximum atomic E-state index is 13.6. The number of ether oxygens (including phenoxy) is 5. The van der Waals surface area contributed by atoms with Crippen molar-refractivity contribution in [3.05, 3.63) is 95.2 Å². The molecule has 250 valence electrons. The van der Waals surface area contributed by atoms with Crippen LogP contribution in [0, 0.1) is 0 Å². The van der Waals surface area contributed by atoms with Gasteiger partial charge in [-0.05, 0) is 66.6 Å². The largest absolute Gasteiger partial charge is 0.493 e. The highest BCUT2D eigenvalue weighted by molar-refractivity contribution is 6.13. The summed E-state index contributed by atoms with van der Waals surface area (Å²) in [5.74, 6) is 0.691. The zero-order chi connectivity index (χ0) is 34.2. The molecule has 0 spiro atoms. The Morgan fingerprint density at radius 3 is 2.00 bits per heavy atom. The molecule has 0 aliphatic carbocycles. The molecule has 5 aromatic rings. The number of benzene rings is 4. The summed E-state index contributed by atoms with van der Waals surface area (Å²) in [5.41, 5.74) is 4.63. The third-order valence-corrected chi connectivity index (χ3v) is 7.89. The average molecular weight is 654 g/mol. The van der Waals surface area contributed by atoms with E-state index >= 15 is 0 Å². The van der Waals surface area contributed by atoms with Crippen molar-refractivity contribution >= 4 is 34.1 Å². The van der Waals surface area contributed by atoms with Crippen molar-refractivity contribution in [1.29, 1.82) is 0 Å². The molecule has 2 amide bonds. The van der Waals surface area contributed by atoms with Gasteiger partial charge in [0.15, 0.2) is 23.0 Å². The molecule has 48 heavy (non-hydrogen) atoms.